The molecule has 0 aromatic rings. The second kappa shape index (κ2) is 21.5. The minimum atomic E-state index is 0.0973. The van der Waals surface area contributed by atoms with Crippen molar-refractivity contribution in [1.29, 1.82) is 0 Å². The Kier molecular flexibility index (Phi) is 18.9. The van der Waals surface area contributed by atoms with Crippen LogP contribution in [0, 0.1) is 11.8 Å². The van der Waals surface area contributed by atoms with Crippen LogP contribution >= 0.6 is 0 Å². The summed E-state index contributed by atoms with van der Waals surface area (Å²) in [6.07, 6.45) is 37.2. The van der Waals surface area contributed by atoms with Crippen LogP contribution in [0.15, 0.2) is 0 Å². The number of fused-ring (bicyclic) bond motifs is 12. The molecule has 0 aromatic heterocycles. The summed E-state index contributed by atoms with van der Waals surface area (Å²) in [7, 11) is 0. The van der Waals surface area contributed by atoms with Crippen LogP contribution in [0.5, 0.6) is 0 Å². The van der Waals surface area contributed by atoms with Crippen LogP contribution in [0.4, 0.5) is 0 Å². The number of rotatable bonds is 15. The maximum absolute atomic E-state index is 12.7. The van der Waals surface area contributed by atoms with E-state index in [1.54, 1.807) is 0 Å². The van der Waals surface area contributed by atoms with Gasteiger partial charge < -0.3 is 4.74 Å². The average molecular weight is 491 g/mol. The van der Waals surface area contributed by atoms with E-state index in [1.807, 2.05) is 0 Å². The molecule has 0 spiro atoms. The molecule has 0 amide bonds. The Bertz CT molecular complexity index is 473. The summed E-state index contributed by atoms with van der Waals surface area (Å²) in [4.78, 5) is 12.7. The molecule has 35 heavy (non-hydrogen) atoms. The van der Waals surface area contributed by atoms with E-state index in [4.69, 9.17) is 4.74 Å². The summed E-state index contributed by atoms with van der Waals surface area (Å²) in [5.41, 5.74) is 0. The Hall–Kier alpha value is -0.530. The summed E-state index contributed by atoms with van der Waals surface area (Å²) < 4.78 is 6.22. The number of hydrogen-bond acceptors (Lipinski definition) is 2. The van der Waals surface area contributed by atoms with Gasteiger partial charge >= 0.3 is 5.97 Å². The molecule has 1 unspecified atom stereocenters. The third-order valence-corrected chi connectivity index (χ3v) is 9.02. The Labute approximate surface area is 220 Å². The van der Waals surface area contributed by atoms with Crippen LogP contribution in [0.25, 0.3) is 0 Å². The first-order valence-electron chi connectivity index (χ1n) is 16.5. The molecule has 2 heteroatoms. The molecule has 0 N–H and O–H groups in total. The lowest BCUT2D eigenvalue weighted by molar-refractivity contribution is -0.153. The highest BCUT2D eigenvalue weighted by Crippen LogP contribution is 2.32. The van der Waals surface area contributed by atoms with Crippen molar-refractivity contribution in [2.24, 2.45) is 11.8 Å². The Balaban J connectivity index is 1.58. The quantitative estimate of drug-likeness (QED) is 0.168. The lowest BCUT2D eigenvalue weighted by Gasteiger charge is -2.29. The van der Waals surface area contributed by atoms with Gasteiger partial charge in [0.2, 0.25) is 0 Å². The Morgan fingerprint density at radius 2 is 0.971 bits per heavy atom. The SMILES string of the molecule is CCCCCCCCCCCCCCCC(=O)OC1CCCCC2CCCCCC1CCCCC2. The minimum absolute atomic E-state index is 0.0973. The summed E-state index contributed by atoms with van der Waals surface area (Å²) in [5, 5.41) is 0. The number of hydrogen-bond donors (Lipinski definition) is 0. The molecule has 3 fully saturated rings. The van der Waals surface area contributed by atoms with Crippen LogP contribution in [0.1, 0.15) is 187 Å². The van der Waals surface area contributed by atoms with Gasteiger partial charge in [0.05, 0.1) is 0 Å². The zero-order valence-electron chi connectivity index (χ0n) is 23.8. The average Bonchev–Trinajstić information content (AvgIpc) is 2.84. The van der Waals surface area contributed by atoms with Crippen LogP contribution in [-0.4, -0.2) is 12.1 Å². The first-order valence-corrected chi connectivity index (χ1v) is 16.5. The van der Waals surface area contributed by atoms with Gasteiger partial charge in [0, 0.05) is 6.42 Å². The molecule has 3 aliphatic rings. The Morgan fingerprint density at radius 1 is 0.543 bits per heavy atom. The van der Waals surface area contributed by atoms with Crippen LogP contribution in [0.3, 0.4) is 0 Å². The first kappa shape index (κ1) is 30.7. The summed E-state index contributed by atoms with van der Waals surface area (Å²) in [6, 6.07) is 0. The predicted molar refractivity (Wildman–Crippen MR) is 152 cm³/mol. The molecule has 0 aliphatic heterocycles. The maximum Gasteiger partial charge on any atom is 0.306 e. The highest BCUT2D eigenvalue weighted by molar-refractivity contribution is 5.69. The summed E-state index contributed by atoms with van der Waals surface area (Å²) in [6.45, 7) is 2.29. The van der Waals surface area contributed by atoms with E-state index in [0.717, 1.165) is 18.8 Å². The number of esters is 1. The number of carbonyl (C=O) groups excluding carboxylic acids is 1. The number of ether oxygens (including phenoxy) is 1. The van der Waals surface area contributed by atoms with Crippen molar-refractivity contribution in [2.75, 3.05) is 0 Å². The molecule has 0 aromatic carbocycles. The van der Waals surface area contributed by atoms with Crippen molar-refractivity contribution >= 4 is 5.97 Å². The highest BCUT2D eigenvalue weighted by Gasteiger charge is 2.25. The van der Waals surface area contributed by atoms with E-state index < -0.39 is 0 Å². The molecule has 2 bridgehead atoms. The van der Waals surface area contributed by atoms with Gasteiger partial charge in [-0.25, -0.2) is 0 Å². The van der Waals surface area contributed by atoms with Gasteiger partial charge in [-0.05, 0) is 43.9 Å². The fraction of sp³-hybridized carbons (Fsp3) is 0.970. The fourth-order valence-electron chi connectivity index (χ4n) is 6.67. The van der Waals surface area contributed by atoms with E-state index in [-0.39, 0.29) is 12.1 Å². The van der Waals surface area contributed by atoms with E-state index in [0.29, 0.717) is 12.3 Å². The van der Waals surface area contributed by atoms with Crippen LogP contribution < -0.4 is 0 Å². The van der Waals surface area contributed by atoms with Gasteiger partial charge in [-0.3, -0.25) is 4.79 Å². The van der Waals surface area contributed by atoms with Crippen molar-refractivity contribution in [1.82, 2.24) is 0 Å². The van der Waals surface area contributed by atoms with Gasteiger partial charge in [-0.2, -0.15) is 0 Å². The smallest absolute Gasteiger partial charge is 0.306 e. The maximum atomic E-state index is 12.7. The van der Waals surface area contributed by atoms with Gasteiger partial charge in [-0.15, -0.1) is 0 Å². The van der Waals surface area contributed by atoms with E-state index in [1.165, 1.54) is 161 Å². The normalized spacial score (nSPS) is 24.5. The number of carbonyl (C=O) groups is 1. The lowest BCUT2D eigenvalue weighted by atomic mass is 9.82. The zero-order chi connectivity index (χ0) is 24.8. The Morgan fingerprint density at radius 3 is 1.51 bits per heavy atom. The van der Waals surface area contributed by atoms with Gasteiger partial charge in [0.15, 0.2) is 0 Å². The van der Waals surface area contributed by atoms with E-state index in [9.17, 15) is 4.79 Å². The topological polar surface area (TPSA) is 26.3 Å². The van der Waals surface area contributed by atoms with E-state index in [2.05, 4.69) is 6.92 Å². The standard InChI is InChI=1S/C33H62O2/c1-2-3-4-5-6-7-8-9-10-11-12-13-20-29-33(34)35-32-28-22-21-25-30-23-16-14-18-26-31(32)27-19-15-17-24-30/h30-32H,2-29H2,1H3. The molecule has 3 aliphatic carbocycles. The summed E-state index contributed by atoms with van der Waals surface area (Å²) in [5.74, 6) is 1.67. The molecule has 0 radical (unpaired) electrons. The monoisotopic (exact) mass is 490 g/mol. The predicted octanol–water partition coefficient (Wildman–Crippen LogP) is 11.1. The second-order valence-corrected chi connectivity index (χ2v) is 12.2. The van der Waals surface area contributed by atoms with Gasteiger partial charge in [-0.1, -0.05) is 148 Å². The molecule has 206 valence electrons. The largest absolute Gasteiger partial charge is 0.462 e. The first-order chi connectivity index (χ1) is 17.3. The van der Waals surface area contributed by atoms with E-state index >= 15 is 0 Å². The van der Waals surface area contributed by atoms with Gasteiger partial charge in [0.1, 0.15) is 6.10 Å². The van der Waals surface area contributed by atoms with Crippen LogP contribution in [-0.2, 0) is 9.53 Å². The highest BCUT2D eigenvalue weighted by atomic mass is 16.5. The molecule has 1 atom stereocenters. The minimum Gasteiger partial charge on any atom is -0.462 e. The molecular formula is C33H62O2. The molecule has 2 nitrogen and oxygen atoms in total. The molecule has 3 saturated carbocycles. The van der Waals surface area contributed by atoms with Crippen molar-refractivity contribution in [3.05, 3.63) is 0 Å². The second-order valence-electron chi connectivity index (χ2n) is 12.2. The lowest BCUT2D eigenvalue weighted by Crippen LogP contribution is -2.28. The molecular weight excluding hydrogens is 428 g/mol. The summed E-state index contributed by atoms with van der Waals surface area (Å²) >= 11 is 0. The number of unbranched alkanes of at least 4 members (excludes halogenated alkanes) is 12. The third kappa shape index (κ3) is 16.0. The molecule has 0 saturated heterocycles. The fourth-order valence-corrected chi connectivity index (χ4v) is 6.67. The van der Waals surface area contributed by atoms with Gasteiger partial charge in [0.25, 0.3) is 0 Å². The zero-order valence-corrected chi connectivity index (χ0v) is 23.8. The van der Waals surface area contributed by atoms with Crippen molar-refractivity contribution in [2.45, 2.75) is 193 Å². The van der Waals surface area contributed by atoms with Crippen LogP contribution in [0.2, 0.25) is 0 Å². The van der Waals surface area contributed by atoms with Crippen molar-refractivity contribution in [3.63, 3.8) is 0 Å². The molecule has 3 rings (SSSR count). The molecule has 0 heterocycles. The van der Waals surface area contributed by atoms with Crippen molar-refractivity contribution < 1.29 is 9.53 Å². The third-order valence-electron chi connectivity index (χ3n) is 9.02. The van der Waals surface area contributed by atoms with Crippen molar-refractivity contribution in [3.8, 4) is 0 Å².